The van der Waals surface area contributed by atoms with Crippen molar-refractivity contribution >= 4 is 40.0 Å². The van der Waals surface area contributed by atoms with Crippen molar-refractivity contribution < 1.29 is 9.53 Å². The third kappa shape index (κ3) is 5.52. The predicted octanol–water partition coefficient (Wildman–Crippen LogP) is 3.97. The van der Waals surface area contributed by atoms with Gasteiger partial charge in [-0.15, -0.1) is 0 Å². The number of nitrogens with one attached hydrogen (secondary N) is 2. The fourth-order valence-electron chi connectivity index (χ4n) is 4.85. The summed E-state index contributed by atoms with van der Waals surface area (Å²) in [5, 5.41) is 6.79. The van der Waals surface area contributed by atoms with Crippen LogP contribution in [0.1, 0.15) is 12.5 Å². The average molecular weight is 540 g/mol. The van der Waals surface area contributed by atoms with Crippen molar-refractivity contribution in [3.8, 4) is 11.4 Å². The Labute approximate surface area is 232 Å². The van der Waals surface area contributed by atoms with Gasteiger partial charge in [-0.25, -0.2) is 4.98 Å². The zero-order valence-corrected chi connectivity index (χ0v) is 23.0. The van der Waals surface area contributed by atoms with E-state index in [1.54, 1.807) is 43.6 Å². The number of nitrogens with zero attached hydrogens (tertiary/aromatic N) is 5. The van der Waals surface area contributed by atoms with E-state index in [-0.39, 0.29) is 11.5 Å². The van der Waals surface area contributed by atoms with Crippen molar-refractivity contribution in [1.29, 1.82) is 0 Å². The number of rotatable bonds is 8. The van der Waals surface area contributed by atoms with Crippen LogP contribution in [0.25, 0.3) is 16.7 Å². The minimum absolute atomic E-state index is 0.227. The van der Waals surface area contributed by atoms with Gasteiger partial charge in [0.1, 0.15) is 5.75 Å². The summed E-state index contributed by atoms with van der Waals surface area (Å²) >= 11 is 0. The molecule has 0 aliphatic carbocycles. The van der Waals surface area contributed by atoms with Crippen molar-refractivity contribution in [2.24, 2.45) is 0 Å². The Kier molecular flexibility index (Phi) is 7.79. The van der Waals surface area contributed by atoms with Crippen molar-refractivity contribution in [2.75, 3.05) is 55.9 Å². The Hall–Kier alpha value is -4.70. The number of hydrogen-bond acceptors (Lipinski definition) is 8. The number of pyridine rings is 1. The maximum atomic E-state index is 13.3. The first kappa shape index (κ1) is 26.9. The lowest BCUT2D eigenvalue weighted by molar-refractivity contribution is -0.111. The Bertz CT molecular complexity index is 1620. The van der Waals surface area contributed by atoms with Crippen LogP contribution in [0.4, 0.5) is 23.0 Å². The van der Waals surface area contributed by atoms with Gasteiger partial charge in [0.25, 0.3) is 5.56 Å². The molecule has 0 bridgehead atoms. The molecule has 10 heteroatoms. The van der Waals surface area contributed by atoms with E-state index in [0.29, 0.717) is 35.1 Å². The number of fused-ring (bicyclic) bond motifs is 1. The highest BCUT2D eigenvalue weighted by atomic mass is 16.5. The van der Waals surface area contributed by atoms with E-state index >= 15 is 0 Å². The van der Waals surface area contributed by atoms with E-state index in [4.69, 9.17) is 9.72 Å². The van der Waals surface area contributed by atoms with Crippen LogP contribution in [-0.4, -0.2) is 65.7 Å². The molecule has 0 saturated carbocycles. The standard InChI is InChI=1S/C30H33N7O3/c1-5-20-16-28(39)37(23-9-7-8-21(17-23)32-27(38)6-2)29-24(20)19-31-30(34-29)33-25-11-10-22(18-26(25)40-4)36-14-12-35(3)13-15-36/h6-11,16-19H,2,5,12-15H2,1,3-4H3,(H,32,38)(H,31,33,34). The van der Waals surface area contributed by atoms with Crippen LogP contribution in [0.3, 0.4) is 0 Å². The van der Waals surface area contributed by atoms with E-state index in [9.17, 15) is 9.59 Å². The Balaban J connectivity index is 1.53. The smallest absolute Gasteiger partial charge is 0.257 e. The zero-order valence-electron chi connectivity index (χ0n) is 23.0. The van der Waals surface area contributed by atoms with Gasteiger partial charge < -0.3 is 25.2 Å². The summed E-state index contributed by atoms with van der Waals surface area (Å²) in [5.74, 6) is 0.665. The number of ether oxygens (including phenoxy) is 1. The highest BCUT2D eigenvalue weighted by molar-refractivity contribution is 5.99. The summed E-state index contributed by atoms with van der Waals surface area (Å²) in [5.41, 5.74) is 4.01. The molecule has 1 aliphatic rings. The molecular formula is C30H33N7O3. The lowest BCUT2D eigenvalue weighted by Gasteiger charge is -2.34. The number of aromatic nitrogens is 3. The molecule has 3 heterocycles. The second-order valence-corrected chi connectivity index (χ2v) is 9.67. The van der Waals surface area contributed by atoms with Crippen LogP contribution in [0.2, 0.25) is 0 Å². The van der Waals surface area contributed by atoms with Crippen LogP contribution < -0.4 is 25.8 Å². The van der Waals surface area contributed by atoms with Crippen LogP contribution in [0.15, 0.2) is 72.2 Å². The first-order chi connectivity index (χ1) is 19.4. The third-order valence-corrected chi connectivity index (χ3v) is 7.08. The number of aryl methyl sites for hydroxylation is 1. The van der Waals surface area contributed by atoms with E-state index in [1.807, 2.05) is 19.1 Å². The second kappa shape index (κ2) is 11.6. The van der Waals surface area contributed by atoms with Gasteiger partial charge in [0.05, 0.1) is 18.5 Å². The van der Waals surface area contributed by atoms with Crippen molar-refractivity contribution in [3.05, 3.63) is 83.3 Å². The number of carbonyl (C=O) groups excluding carboxylic acids is 1. The molecular weight excluding hydrogens is 506 g/mol. The highest BCUT2D eigenvalue weighted by Crippen LogP contribution is 2.32. The quantitative estimate of drug-likeness (QED) is 0.324. The summed E-state index contributed by atoms with van der Waals surface area (Å²) in [6, 6.07) is 14.7. The number of anilines is 4. The van der Waals surface area contributed by atoms with Gasteiger partial charge in [-0.1, -0.05) is 19.6 Å². The third-order valence-electron chi connectivity index (χ3n) is 7.08. The molecule has 0 spiro atoms. The normalized spacial score (nSPS) is 13.7. The lowest BCUT2D eigenvalue weighted by Crippen LogP contribution is -2.44. The molecule has 0 radical (unpaired) electrons. The molecule has 1 aliphatic heterocycles. The average Bonchev–Trinajstić information content (AvgIpc) is 2.97. The van der Waals surface area contributed by atoms with Gasteiger partial charge in [0, 0.05) is 61.3 Å². The monoisotopic (exact) mass is 539 g/mol. The summed E-state index contributed by atoms with van der Waals surface area (Å²) < 4.78 is 7.23. The topological polar surface area (TPSA) is 105 Å². The highest BCUT2D eigenvalue weighted by Gasteiger charge is 2.18. The van der Waals surface area contributed by atoms with Gasteiger partial charge in [-0.2, -0.15) is 4.98 Å². The molecule has 2 aromatic heterocycles. The largest absolute Gasteiger partial charge is 0.494 e. The minimum Gasteiger partial charge on any atom is -0.494 e. The minimum atomic E-state index is -0.336. The molecule has 2 aromatic carbocycles. The molecule has 206 valence electrons. The number of amides is 1. The number of piperazine rings is 1. The van der Waals surface area contributed by atoms with Gasteiger partial charge in [-0.05, 0) is 55.4 Å². The SMILES string of the molecule is C=CC(=O)Nc1cccc(-n2c(=O)cc(CC)c3cnc(Nc4ccc(N5CCN(C)CC5)cc4OC)nc32)c1. The maximum Gasteiger partial charge on any atom is 0.257 e. The van der Waals surface area contributed by atoms with Crippen LogP contribution in [0, 0.1) is 0 Å². The van der Waals surface area contributed by atoms with Gasteiger partial charge in [0.15, 0.2) is 5.65 Å². The van der Waals surface area contributed by atoms with E-state index in [0.717, 1.165) is 48.5 Å². The van der Waals surface area contributed by atoms with Crippen LogP contribution >= 0.6 is 0 Å². The first-order valence-corrected chi connectivity index (χ1v) is 13.2. The molecule has 5 rings (SSSR count). The van der Waals surface area contributed by atoms with Crippen LogP contribution in [-0.2, 0) is 11.2 Å². The molecule has 40 heavy (non-hydrogen) atoms. The molecule has 4 aromatic rings. The first-order valence-electron chi connectivity index (χ1n) is 13.2. The van der Waals surface area contributed by atoms with Crippen LogP contribution in [0.5, 0.6) is 5.75 Å². The molecule has 0 atom stereocenters. The zero-order chi connectivity index (χ0) is 28.2. The maximum absolute atomic E-state index is 13.3. The Morgan fingerprint density at radius 1 is 1.10 bits per heavy atom. The summed E-state index contributed by atoms with van der Waals surface area (Å²) in [6.45, 7) is 9.42. The van der Waals surface area contributed by atoms with Crippen molar-refractivity contribution in [3.63, 3.8) is 0 Å². The Morgan fingerprint density at radius 2 is 1.90 bits per heavy atom. The molecule has 1 amide bonds. The van der Waals surface area contributed by atoms with Gasteiger partial charge >= 0.3 is 0 Å². The van der Waals surface area contributed by atoms with Crippen molar-refractivity contribution in [2.45, 2.75) is 13.3 Å². The van der Waals surface area contributed by atoms with E-state index in [2.05, 4.69) is 45.1 Å². The fourth-order valence-corrected chi connectivity index (χ4v) is 4.85. The molecule has 1 fully saturated rings. The van der Waals surface area contributed by atoms with Crippen molar-refractivity contribution in [1.82, 2.24) is 19.4 Å². The predicted molar refractivity (Wildman–Crippen MR) is 159 cm³/mol. The molecule has 10 nitrogen and oxygen atoms in total. The Morgan fingerprint density at radius 3 is 2.62 bits per heavy atom. The summed E-state index contributed by atoms with van der Waals surface area (Å²) in [7, 11) is 3.77. The van der Waals surface area contributed by atoms with E-state index in [1.165, 1.54) is 10.6 Å². The van der Waals surface area contributed by atoms with Gasteiger partial charge in [0.2, 0.25) is 11.9 Å². The summed E-state index contributed by atoms with van der Waals surface area (Å²) in [6.07, 6.45) is 3.58. The summed E-state index contributed by atoms with van der Waals surface area (Å²) in [4.78, 5) is 39.2. The molecule has 0 unspecified atom stereocenters. The number of hydrogen-bond donors (Lipinski definition) is 2. The number of methoxy groups -OCH3 is 1. The molecule has 2 N–H and O–H groups in total. The number of carbonyl (C=O) groups is 1. The number of benzene rings is 2. The number of likely N-dealkylation sites (N-methyl/N-ethyl adjacent to an activating group) is 1. The molecule has 1 saturated heterocycles. The van der Waals surface area contributed by atoms with E-state index < -0.39 is 0 Å². The lowest BCUT2D eigenvalue weighted by atomic mass is 10.1. The second-order valence-electron chi connectivity index (χ2n) is 9.67. The van der Waals surface area contributed by atoms with Gasteiger partial charge in [-0.3, -0.25) is 14.2 Å². The fraction of sp³-hybridized carbons (Fsp3) is 0.267.